The van der Waals surface area contributed by atoms with E-state index in [1.165, 1.54) is 22.5 Å². The molecule has 0 bridgehead atoms. The van der Waals surface area contributed by atoms with Crippen LogP contribution in [0.15, 0.2) is 53.4 Å². The van der Waals surface area contributed by atoms with Crippen molar-refractivity contribution in [3.8, 4) is 6.07 Å². The zero-order valence-corrected chi connectivity index (χ0v) is 15.4. The predicted octanol–water partition coefficient (Wildman–Crippen LogP) is 2.36. The first-order valence-electron chi connectivity index (χ1n) is 7.97. The molecule has 0 aliphatic carbocycles. The molecule has 1 amide bonds. The van der Waals surface area contributed by atoms with E-state index >= 15 is 0 Å². The Morgan fingerprint density at radius 1 is 1.04 bits per heavy atom. The molecular formula is C18H16ClN3O3S. The molecule has 0 atom stereocenters. The summed E-state index contributed by atoms with van der Waals surface area (Å²) in [5.41, 5.74) is 0.835. The molecule has 1 fully saturated rings. The smallest absolute Gasteiger partial charge is 0.253 e. The number of amides is 1. The van der Waals surface area contributed by atoms with Crippen LogP contribution in [0.4, 0.5) is 0 Å². The Labute approximate surface area is 157 Å². The molecule has 6 nitrogen and oxygen atoms in total. The van der Waals surface area contributed by atoms with Crippen molar-refractivity contribution in [3.05, 3.63) is 64.7 Å². The topological polar surface area (TPSA) is 81.5 Å². The third kappa shape index (κ3) is 3.58. The Morgan fingerprint density at radius 2 is 1.73 bits per heavy atom. The minimum atomic E-state index is -3.70. The lowest BCUT2D eigenvalue weighted by Gasteiger charge is -2.34. The highest BCUT2D eigenvalue weighted by Gasteiger charge is 2.31. The number of carbonyl (C=O) groups excluding carboxylic acids is 1. The Bertz CT molecular complexity index is 977. The average Bonchev–Trinajstić information content (AvgIpc) is 2.67. The number of nitriles is 1. The molecule has 8 heteroatoms. The quantitative estimate of drug-likeness (QED) is 0.806. The SMILES string of the molecule is N#Cc1cccc(C(=O)N2CCN(S(=O)(=O)c3ccccc3Cl)CC2)c1. The number of piperazine rings is 1. The zero-order chi connectivity index (χ0) is 18.7. The average molecular weight is 390 g/mol. The molecule has 2 aromatic carbocycles. The van der Waals surface area contributed by atoms with Gasteiger partial charge in [0.15, 0.2) is 0 Å². The molecule has 1 aliphatic heterocycles. The third-order valence-corrected chi connectivity index (χ3v) is 6.62. The van der Waals surface area contributed by atoms with Crippen molar-refractivity contribution in [2.45, 2.75) is 4.90 Å². The van der Waals surface area contributed by atoms with Gasteiger partial charge in [-0.3, -0.25) is 4.79 Å². The van der Waals surface area contributed by atoms with Crippen LogP contribution in [-0.2, 0) is 10.0 Å². The Kier molecular flexibility index (Phi) is 5.28. The van der Waals surface area contributed by atoms with Crippen LogP contribution in [-0.4, -0.2) is 49.7 Å². The molecule has 0 N–H and O–H groups in total. The lowest BCUT2D eigenvalue weighted by Crippen LogP contribution is -2.50. The molecule has 3 rings (SSSR count). The molecule has 26 heavy (non-hydrogen) atoms. The fourth-order valence-corrected chi connectivity index (χ4v) is 4.74. The van der Waals surface area contributed by atoms with Crippen LogP contribution in [0, 0.1) is 11.3 Å². The van der Waals surface area contributed by atoms with E-state index in [2.05, 4.69) is 0 Å². The summed E-state index contributed by atoms with van der Waals surface area (Å²) in [6.07, 6.45) is 0. The van der Waals surface area contributed by atoms with Gasteiger partial charge in [0, 0.05) is 31.7 Å². The molecule has 1 saturated heterocycles. The van der Waals surface area contributed by atoms with Gasteiger partial charge in [-0.05, 0) is 30.3 Å². The summed E-state index contributed by atoms with van der Waals surface area (Å²) < 4.78 is 26.8. The Morgan fingerprint density at radius 3 is 2.38 bits per heavy atom. The van der Waals surface area contributed by atoms with Gasteiger partial charge in [0.25, 0.3) is 5.91 Å². The van der Waals surface area contributed by atoms with Crippen molar-refractivity contribution in [1.82, 2.24) is 9.21 Å². The molecular weight excluding hydrogens is 374 g/mol. The normalized spacial score (nSPS) is 15.5. The largest absolute Gasteiger partial charge is 0.336 e. The highest BCUT2D eigenvalue weighted by Crippen LogP contribution is 2.25. The number of hydrogen-bond acceptors (Lipinski definition) is 4. The van der Waals surface area contributed by atoms with Gasteiger partial charge < -0.3 is 4.90 Å². The number of rotatable bonds is 3. The molecule has 0 radical (unpaired) electrons. The van der Waals surface area contributed by atoms with E-state index in [-0.39, 0.29) is 42.0 Å². The molecule has 134 valence electrons. The Hall–Kier alpha value is -2.40. The third-order valence-electron chi connectivity index (χ3n) is 4.22. The fourth-order valence-electron chi connectivity index (χ4n) is 2.83. The number of carbonyl (C=O) groups is 1. The van der Waals surface area contributed by atoms with Gasteiger partial charge in [-0.1, -0.05) is 29.8 Å². The summed E-state index contributed by atoms with van der Waals surface area (Å²) in [5, 5.41) is 9.13. The van der Waals surface area contributed by atoms with Gasteiger partial charge in [0.05, 0.1) is 16.7 Å². The summed E-state index contributed by atoms with van der Waals surface area (Å²) in [5.74, 6) is -0.211. The van der Waals surface area contributed by atoms with Crippen molar-refractivity contribution < 1.29 is 13.2 Å². The van der Waals surface area contributed by atoms with Crippen LogP contribution in [0.2, 0.25) is 5.02 Å². The minimum Gasteiger partial charge on any atom is -0.336 e. The molecule has 0 spiro atoms. The predicted molar refractivity (Wildman–Crippen MR) is 97.3 cm³/mol. The van der Waals surface area contributed by atoms with Gasteiger partial charge in [-0.25, -0.2) is 8.42 Å². The van der Waals surface area contributed by atoms with Crippen molar-refractivity contribution >= 4 is 27.5 Å². The summed E-state index contributed by atoms with van der Waals surface area (Å²) in [4.78, 5) is 14.2. The number of nitrogens with zero attached hydrogens (tertiary/aromatic N) is 3. The zero-order valence-electron chi connectivity index (χ0n) is 13.8. The molecule has 0 unspecified atom stereocenters. The Balaban J connectivity index is 1.72. The number of hydrogen-bond donors (Lipinski definition) is 0. The second-order valence-electron chi connectivity index (χ2n) is 5.82. The van der Waals surface area contributed by atoms with Crippen LogP contribution in [0.3, 0.4) is 0 Å². The van der Waals surface area contributed by atoms with E-state index in [1.54, 1.807) is 35.2 Å². The van der Waals surface area contributed by atoms with Gasteiger partial charge in [0.2, 0.25) is 10.0 Å². The van der Waals surface area contributed by atoms with E-state index in [1.807, 2.05) is 6.07 Å². The minimum absolute atomic E-state index is 0.0724. The maximum absolute atomic E-state index is 12.7. The van der Waals surface area contributed by atoms with E-state index < -0.39 is 10.0 Å². The van der Waals surface area contributed by atoms with Crippen LogP contribution in [0.5, 0.6) is 0 Å². The molecule has 2 aromatic rings. The molecule has 0 saturated carbocycles. The number of benzene rings is 2. The maximum Gasteiger partial charge on any atom is 0.253 e. The first-order chi connectivity index (χ1) is 12.4. The number of halogens is 1. The molecule has 1 aliphatic rings. The highest BCUT2D eigenvalue weighted by atomic mass is 35.5. The van der Waals surface area contributed by atoms with Gasteiger partial charge >= 0.3 is 0 Å². The van der Waals surface area contributed by atoms with Crippen LogP contribution >= 0.6 is 11.6 Å². The van der Waals surface area contributed by atoms with Crippen LogP contribution in [0.25, 0.3) is 0 Å². The summed E-state index contributed by atoms with van der Waals surface area (Å²) in [6.45, 7) is 0.938. The maximum atomic E-state index is 12.7. The van der Waals surface area contributed by atoms with Crippen molar-refractivity contribution in [3.63, 3.8) is 0 Å². The standard InChI is InChI=1S/C18H16ClN3O3S/c19-16-6-1-2-7-17(16)26(24,25)22-10-8-21(9-11-22)18(23)15-5-3-4-14(12-15)13-20/h1-7,12H,8-11H2. The van der Waals surface area contributed by atoms with Gasteiger partial charge in [-0.15, -0.1) is 0 Å². The summed E-state index contributed by atoms with van der Waals surface area (Å²) in [7, 11) is -3.70. The van der Waals surface area contributed by atoms with E-state index in [0.717, 1.165) is 0 Å². The van der Waals surface area contributed by atoms with E-state index in [0.29, 0.717) is 11.1 Å². The van der Waals surface area contributed by atoms with Crippen LogP contribution in [0.1, 0.15) is 15.9 Å². The second-order valence-corrected chi connectivity index (χ2v) is 8.13. The summed E-state index contributed by atoms with van der Waals surface area (Å²) >= 11 is 6.02. The van der Waals surface area contributed by atoms with E-state index in [4.69, 9.17) is 16.9 Å². The highest BCUT2D eigenvalue weighted by molar-refractivity contribution is 7.89. The summed E-state index contributed by atoms with van der Waals surface area (Å²) in [6, 6.07) is 14.8. The van der Waals surface area contributed by atoms with Crippen molar-refractivity contribution in [2.75, 3.05) is 26.2 Å². The lowest BCUT2D eigenvalue weighted by atomic mass is 10.1. The fraction of sp³-hybridized carbons (Fsp3) is 0.222. The number of sulfonamides is 1. The lowest BCUT2D eigenvalue weighted by molar-refractivity contribution is 0.0698. The molecule has 1 heterocycles. The van der Waals surface area contributed by atoms with Crippen LogP contribution < -0.4 is 0 Å². The van der Waals surface area contributed by atoms with E-state index in [9.17, 15) is 13.2 Å². The second kappa shape index (κ2) is 7.46. The first kappa shape index (κ1) is 18.4. The monoisotopic (exact) mass is 389 g/mol. The van der Waals surface area contributed by atoms with Gasteiger partial charge in [-0.2, -0.15) is 9.57 Å². The van der Waals surface area contributed by atoms with Crippen molar-refractivity contribution in [2.24, 2.45) is 0 Å². The van der Waals surface area contributed by atoms with Gasteiger partial charge in [0.1, 0.15) is 4.90 Å². The molecule has 0 aromatic heterocycles. The first-order valence-corrected chi connectivity index (χ1v) is 9.79. The van der Waals surface area contributed by atoms with Crippen molar-refractivity contribution in [1.29, 1.82) is 5.26 Å².